The monoisotopic (exact) mass is 286 g/mol. The molecule has 0 aliphatic rings. The Balaban J connectivity index is 2.08. The van der Waals surface area contributed by atoms with Gasteiger partial charge in [-0.3, -0.25) is 0 Å². The molecule has 20 heavy (non-hydrogen) atoms. The van der Waals surface area contributed by atoms with Gasteiger partial charge in [0.1, 0.15) is 0 Å². The zero-order valence-electron chi connectivity index (χ0n) is 10.7. The Morgan fingerprint density at radius 2 is 2.05 bits per heavy atom. The third kappa shape index (κ3) is 3.70. The maximum absolute atomic E-state index is 12.6. The molecule has 0 bridgehead atoms. The molecule has 2 rings (SSSR count). The maximum atomic E-state index is 12.6. The van der Waals surface area contributed by atoms with E-state index in [1.165, 1.54) is 12.1 Å². The zero-order chi connectivity index (χ0) is 14.6. The van der Waals surface area contributed by atoms with Crippen LogP contribution in [0.5, 0.6) is 0 Å². The Morgan fingerprint density at radius 1 is 1.25 bits per heavy atom. The van der Waals surface area contributed by atoms with Crippen LogP contribution in [0.25, 0.3) is 0 Å². The van der Waals surface area contributed by atoms with E-state index in [2.05, 4.69) is 20.8 Å². The molecule has 108 valence electrons. The van der Waals surface area contributed by atoms with Gasteiger partial charge in [0.15, 0.2) is 0 Å². The highest BCUT2D eigenvalue weighted by Crippen LogP contribution is 2.31. The third-order valence-electron chi connectivity index (χ3n) is 2.43. The average Bonchev–Trinajstić information content (AvgIpc) is 2.83. The molecule has 0 saturated carbocycles. The molecule has 1 heterocycles. The van der Waals surface area contributed by atoms with Crippen LogP contribution in [0, 0.1) is 0 Å². The van der Waals surface area contributed by atoms with Crippen molar-refractivity contribution in [2.24, 2.45) is 0 Å². The van der Waals surface area contributed by atoms with Gasteiger partial charge in [-0.15, -0.1) is 5.10 Å². The normalized spacial score (nSPS) is 11.6. The Labute approximate surface area is 113 Å². The molecular weight excluding hydrogens is 273 g/mol. The standard InChI is InChI=1S/C12H13F3N4O/c1-2-16-7-10-18-19-11(20-10)17-9-5-3-4-8(6-9)12(13,14)15/h3-6,16H,2,7H2,1H3,(H,17,19). The van der Waals surface area contributed by atoms with Gasteiger partial charge in [0, 0.05) is 5.69 Å². The Bertz CT molecular complexity index is 568. The first-order valence-electron chi connectivity index (χ1n) is 5.96. The first kappa shape index (κ1) is 14.3. The summed E-state index contributed by atoms with van der Waals surface area (Å²) >= 11 is 0. The average molecular weight is 286 g/mol. The number of rotatable bonds is 5. The number of nitrogens with zero attached hydrogens (tertiary/aromatic N) is 2. The number of anilines is 2. The van der Waals surface area contributed by atoms with E-state index in [1.54, 1.807) is 0 Å². The Kier molecular flexibility index (Phi) is 4.23. The lowest BCUT2D eigenvalue weighted by atomic mass is 10.2. The molecule has 0 amide bonds. The summed E-state index contributed by atoms with van der Waals surface area (Å²) in [6.45, 7) is 3.09. The van der Waals surface area contributed by atoms with Crippen molar-refractivity contribution in [2.45, 2.75) is 19.6 Å². The largest absolute Gasteiger partial charge is 0.416 e. The molecule has 0 spiro atoms. The third-order valence-corrected chi connectivity index (χ3v) is 2.43. The molecule has 0 atom stereocenters. The van der Waals surface area contributed by atoms with Crippen LogP contribution in [0.1, 0.15) is 18.4 Å². The lowest BCUT2D eigenvalue weighted by Gasteiger charge is -2.08. The Hall–Kier alpha value is -2.09. The first-order valence-corrected chi connectivity index (χ1v) is 5.96. The van der Waals surface area contributed by atoms with Gasteiger partial charge in [0.05, 0.1) is 12.1 Å². The zero-order valence-corrected chi connectivity index (χ0v) is 10.7. The number of halogens is 3. The van der Waals surface area contributed by atoms with Gasteiger partial charge in [-0.2, -0.15) is 13.2 Å². The van der Waals surface area contributed by atoms with E-state index in [0.29, 0.717) is 12.4 Å². The van der Waals surface area contributed by atoms with Crippen LogP contribution in [-0.4, -0.2) is 16.7 Å². The van der Waals surface area contributed by atoms with Gasteiger partial charge in [-0.25, -0.2) is 0 Å². The van der Waals surface area contributed by atoms with E-state index in [0.717, 1.165) is 18.7 Å². The van der Waals surface area contributed by atoms with Gasteiger partial charge in [0.25, 0.3) is 0 Å². The quantitative estimate of drug-likeness (QED) is 0.884. The van der Waals surface area contributed by atoms with Gasteiger partial charge in [-0.05, 0) is 24.7 Å². The molecule has 8 heteroatoms. The lowest BCUT2D eigenvalue weighted by molar-refractivity contribution is -0.137. The molecule has 0 unspecified atom stereocenters. The highest BCUT2D eigenvalue weighted by molar-refractivity contribution is 5.53. The van der Waals surface area contributed by atoms with E-state index in [1.807, 2.05) is 6.92 Å². The molecule has 2 aromatic rings. The van der Waals surface area contributed by atoms with Crippen molar-refractivity contribution in [1.82, 2.24) is 15.5 Å². The summed E-state index contributed by atoms with van der Waals surface area (Å²) in [7, 11) is 0. The molecule has 1 aromatic carbocycles. The molecule has 0 aliphatic heterocycles. The minimum atomic E-state index is -4.39. The van der Waals surface area contributed by atoms with E-state index in [-0.39, 0.29) is 11.7 Å². The van der Waals surface area contributed by atoms with Crippen LogP contribution in [0.2, 0.25) is 0 Å². The van der Waals surface area contributed by atoms with Crippen molar-refractivity contribution >= 4 is 11.7 Å². The molecule has 5 nitrogen and oxygen atoms in total. The molecule has 1 aromatic heterocycles. The van der Waals surface area contributed by atoms with Crippen LogP contribution in [0.4, 0.5) is 24.9 Å². The van der Waals surface area contributed by atoms with Gasteiger partial charge in [0.2, 0.25) is 5.89 Å². The lowest BCUT2D eigenvalue weighted by Crippen LogP contribution is -2.11. The molecule has 0 aliphatic carbocycles. The second-order valence-corrected chi connectivity index (χ2v) is 3.98. The van der Waals surface area contributed by atoms with Crippen molar-refractivity contribution in [1.29, 1.82) is 0 Å². The van der Waals surface area contributed by atoms with E-state index >= 15 is 0 Å². The van der Waals surface area contributed by atoms with Gasteiger partial charge in [-0.1, -0.05) is 18.1 Å². The minimum Gasteiger partial charge on any atom is -0.406 e. The predicted molar refractivity (Wildman–Crippen MR) is 66.4 cm³/mol. The molecule has 0 fully saturated rings. The van der Waals surface area contributed by atoms with Gasteiger partial charge < -0.3 is 15.1 Å². The van der Waals surface area contributed by atoms with Crippen LogP contribution in [0.3, 0.4) is 0 Å². The summed E-state index contributed by atoms with van der Waals surface area (Å²) in [5, 5.41) is 13.1. The van der Waals surface area contributed by atoms with Crippen molar-refractivity contribution < 1.29 is 17.6 Å². The summed E-state index contributed by atoms with van der Waals surface area (Å²) in [5.41, 5.74) is -0.506. The minimum absolute atomic E-state index is 0.0530. The van der Waals surface area contributed by atoms with E-state index in [4.69, 9.17) is 4.42 Å². The van der Waals surface area contributed by atoms with Crippen LogP contribution >= 0.6 is 0 Å². The summed E-state index contributed by atoms with van der Waals surface area (Å²) in [6, 6.07) is 4.83. The topological polar surface area (TPSA) is 63.0 Å². The maximum Gasteiger partial charge on any atom is 0.416 e. The second-order valence-electron chi connectivity index (χ2n) is 3.98. The van der Waals surface area contributed by atoms with Crippen LogP contribution in [0.15, 0.2) is 28.7 Å². The fraction of sp³-hybridized carbons (Fsp3) is 0.333. The number of benzene rings is 1. The predicted octanol–water partition coefficient (Wildman–Crippen LogP) is 2.94. The Morgan fingerprint density at radius 3 is 2.75 bits per heavy atom. The molecule has 0 saturated heterocycles. The second kappa shape index (κ2) is 5.91. The first-order chi connectivity index (χ1) is 9.49. The number of hydrogen-bond donors (Lipinski definition) is 2. The van der Waals surface area contributed by atoms with E-state index < -0.39 is 11.7 Å². The molecule has 2 N–H and O–H groups in total. The van der Waals surface area contributed by atoms with Crippen LogP contribution < -0.4 is 10.6 Å². The highest BCUT2D eigenvalue weighted by atomic mass is 19.4. The van der Waals surface area contributed by atoms with Crippen molar-refractivity contribution in [3.63, 3.8) is 0 Å². The van der Waals surface area contributed by atoms with Crippen molar-refractivity contribution in [3.8, 4) is 0 Å². The number of hydrogen-bond acceptors (Lipinski definition) is 5. The molecular formula is C12H13F3N4O. The smallest absolute Gasteiger partial charge is 0.406 e. The van der Waals surface area contributed by atoms with Gasteiger partial charge >= 0.3 is 12.2 Å². The highest BCUT2D eigenvalue weighted by Gasteiger charge is 2.30. The summed E-state index contributed by atoms with van der Waals surface area (Å²) in [6.07, 6.45) is -4.39. The summed E-state index contributed by atoms with van der Waals surface area (Å²) in [4.78, 5) is 0. The van der Waals surface area contributed by atoms with Crippen molar-refractivity contribution in [3.05, 3.63) is 35.7 Å². The number of nitrogens with one attached hydrogen (secondary N) is 2. The fourth-order valence-electron chi connectivity index (χ4n) is 1.50. The van der Waals surface area contributed by atoms with Crippen LogP contribution in [-0.2, 0) is 12.7 Å². The number of aromatic nitrogens is 2. The summed E-state index contributed by atoms with van der Waals surface area (Å²) < 4.78 is 42.9. The summed E-state index contributed by atoms with van der Waals surface area (Å²) in [5.74, 6) is 0.362. The molecule has 0 radical (unpaired) electrons. The van der Waals surface area contributed by atoms with E-state index in [9.17, 15) is 13.2 Å². The number of alkyl halides is 3. The van der Waals surface area contributed by atoms with Crippen molar-refractivity contribution in [2.75, 3.05) is 11.9 Å². The SMILES string of the molecule is CCNCc1nnc(Nc2cccc(C(F)(F)F)c2)o1. The fourth-order valence-corrected chi connectivity index (χ4v) is 1.50.